The molecule has 1 aromatic rings. The molecule has 1 fully saturated rings. The van der Waals surface area contributed by atoms with Crippen molar-refractivity contribution in [1.29, 1.82) is 0 Å². The summed E-state index contributed by atoms with van der Waals surface area (Å²) in [6, 6.07) is 7.40. The smallest absolute Gasteiger partial charge is 0.173 e. The third-order valence-electron chi connectivity index (χ3n) is 2.78. The zero-order chi connectivity index (χ0) is 12.3. The standard InChI is InChI=1S/C12H15ClN2OS/c13-9-3-5-10(6-4-9)14-12(17)15-7-1-2-11(16)8-15/h3-6,11,16H,1-2,7-8H2,(H,14,17)/t11-/m0/s1. The summed E-state index contributed by atoms with van der Waals surface area (Å²) in [6.07, 6.45) is 1.57. The van der Waals surface area contributed by atoms with Gasteiger partial charge >= 0.3 is 0 Å². The van der Waals surface area contributed by atoms with Crippen molar-refractivity contribution >= 4 is 34.6 Å². The molecule has 2 N–H and O–H groups in total. The molecule has 1 aliphatic heterocycles. The van der Waals surface area contributed by atoms with Crippen molar-refractivity contribution in [2.24, 2.45) is 0 Å². The molecule has 1 saturated heterocycles. The number of nitrogens with one attached hydrogen (secondary N) is 1. The Balaban J connectivity index is 1.94. The number of thiocarbonyl (C=S) groups is 1. The van der Waals surface area contributed by atoms with Crippen LogP contribution in [-0.2, 0) is 0 Å². The third-order valence-corrected chi connectivity index (χ3v) is 3.39. The number of likely N-dealkylation sites (tertiary alicyclic amines) is 1. The summed E-state index contributed by atoms with van der Waals surface area (Å²) in [4.78, 5) is 2.00. The Morgan fingerprint density at radius 1 is 1.41 bits per heavy atom. The summed E-state index contributed by atoms with van der Waals surface area (Å²) in [5.74, 6) is 0. The Kier molecular flexibility index (Phi) is 4.20. The average molecular weight is 271 g/mol. The van der Waals surface area contributed by atoms with Crippen molar-refractivity contribution in [3.63, 3.8) is 0 Å². The Morgan fingerprint density at radius 3 is 2.76 bits per heavy atom. The van der Waals surface area contributed by atoms with Crippen LogP contribution < -0.4 is 5.32 Å². The van der Waals surface area contributed by atoms with Gasteiger partial charge in [-0.25, -0.2) is 0 Å². The predicted octanol–water partition coefficient (Wildman–Crippen LogP) is 2.49. The number of aliphatic hydroxyl groups excluding tert-OH is 1. The van der Waals surface area contributed by atoms with Crippen molar-refractivity contribution in [2.75, 3.05) is 18.4 Å². The minimum absolute atomic E-state index is 0.270. The van der Waals surface area contributed by atoms with Gasteiger partial charge in [-0.1, -0.05) is 11.6 Å². The predicted molar refractivity (Wildman–Crippen MR) is 74.5 cm³/mol. The molecule has 1 atom stereocenters. The minimum atomic E-state index is -0.270. The summed E-state index contributed by atoms with van der Waals surface area (Å²) in [5.41, 5.74) is 0.916. The van der Waals surface area contributed by atoms with Gasteiger partial charge in [-0.15, -0.1) is 0 Å². The van der Waals surface area contributed by atoms with E-state index in [-0.39, 0.29) is 6.10 Å². The van der Waals surface area contributed by atoms with Crippen LogP contribution in [0.4, 0.5) is 5.69 Å². The van der Waals surface area contributed by atoms with Crippen molar-refractivity contribution in [2.45, 2.75) is 18.9 Å². The van der Waals surface area contributed by atoms with Gasteiger partial charge in [-0.2, -0.15) is 0 Å². The molecule has 0 aromatic heterocycles. The molecule has 1 aliphatic rings. The molecule has 0 radical (unpaired) electrons. The lowest BCUT2D eigenvalue weighted by Crippen LogP contribution is -2.44. The van der Waals surface area contributed by atoms with Crippen LogP contribution in [0, 0.1) is 0 Å². The second-order valence-electron chi connectivity index (χ2n) is 4.18. The lowest BCUT2D eigenvalue weighted by molar-refractivity contribution is 0.104. The molecule has 0 saturated carbocycles. The SMILES string of the molecule is O[C@H]1CCCN(C(=S)Nc2ccc(Cl)cc2)C1. The van der Waals surface area contributed by atoms with Gasteiger partial charge in [-0.3, -0.25) is 0 Å². The van der Waals surface area contributed by atoms with Gasteiger partial charge in [0.25, 0.3) is 0 Å². The van der Waals surface area contributed by atoms with Gasteiger partial charge in [0.2, 0.25) is 0 Å². The van der Waals surface area contributed by atoms with E-state index in [0.717, 1.165) is 25.1 Å². The van der Waals surface area contributed by atoms with Gasteiger partial charge in [0, 0.05) is 23.8 Å². The van der Waals surface area contributed by atoms with Crippen LogP contribution in [0.15, 0.2) is 24.3 Å². The molecule has 5 heteroatoms. The first kappa shape index (κ1) is 12.6. The maximum atomic E-state index is 9.58. The van der Waals surface area contributed by atoms with E-state index in [4.69, 9.17) is 23.8 Å². The van der Waals surface area contributed by atoms with Crippen LogP contribution in [0.25, 0.3) is 0 Å². The second-order valence-corrected chi connectivity index (χ2v) is 5.00. The van der Waals surface area contributed by atoms with Crippen molar-refractivity contribution in [3.05, 3.63) is 29.3 Å². The van der Waals surface area contributed by atoms with E-state index in [1.165, 1.54) is 0 Å². The fourth-order valence-corrected chi connectivity index (χ4v) is 2.28. The van der Waals surface area contributed by atoms with Gasteiger partial charge in [0.15, 0.2) is 5.11 Å². The molecule has 0 aliphatic carbocycles. The van der Waals surface area contributed by atoms with Gasteiger partial charge in [0.05, 0.1) is 6.10 Å². The number of rotatable bonds is 1. The topological polar surface area (TPSA) is 35.5 Å². The van der Waals surface area contributed by atoms with Crippen molar-refractivity contribution in [1.82, 2.24) is 4.90 Å². The highest BCUT2D eigenvalue weighted by atomic mass is 35.5. The molecule has 0 unspecified atom stereocenters. The molecule has 92 valence electrons. The Hall–Kier alpha value is -0.840. The average Bonchev–Trinajstić information content (AvgIpc) is 2.32. The van der Waals surface area contributed by atoms with Crippen LogP contribution in [-0.4, -0.2) is 34.3 Å². The number of benzene rings is 1. The summed E-state index contributed by atoms with van der Waals surface area (Å²) in [7, 11) is 0. The lowest BCUT2D eigenvalue weighted by atomic mass is 10.1. The molecule has 0 spiro atoms. The number of piperidine rings is 1. The highest BCUT2D eigenvalue weighted by molar-refractivity contribution is 7.80. The van der Waals surface area contributed by atoms with E-state index in [1.54, 1.807) is 0 Å². The zero-order valence-electron chi connectivity index (χ0n) is 9.40. The first-order chi connectivity index (χ1) is 8.15. The summed E-state index contributed by atoms with van der Waals surface area (Å²) in [6.45, 7) is 1.51. The maximum absolute atomic E-state index is 9.58. The van der Waals surface area contributed by atoms with E-state index < -0.39 is 0 Å². The van der Waals surface area contributed by atoms with Crippen LogP contribution in [0.5, 0.6) is 0 Å². The van der Waals surface area contributed by atoms with Gasteiger partial charge in [0.1, 0.15) is 0 Å². The fourth-order valence-electron chi connectivity index (χ4n) is 1.87. The largest absolute Gasteiger partial charge is 0.391 e. The van der Waals surface area contributed by atoms with Crippen molar-refractivity contribution < 1.29 is 5.11 Å². The molecule has 3 nitrogen and oxygen atoms in total. The van der Waals surface area contributed by atoms with Gasteiger partial charge in [-0.05, 0) is 49.3 Å². The summed E-state index contributed by atoms with van der Waals surface area (Å²) < 4.78 is 0. The summed E-state index contributed by atoms with van der Waals surface area (Å²) >= 11 is 11.1. The maximum Gasteiger partial charge on any atom is 0.173 e. The van der Waals surface area contributed by atoms with E-state index in [2.05, 4.69) is 5.32 Å². The molecular weight excluding hydrogens is 256 g/mol. The summed E-state index contributed by atoms with van der Waals surface area (Å²) in [5, 5.41) is 14.1. The molecule has 17 heavy (non-hydrogen) atoms. The lowest BCUT2D eigenvalue weighted by Gasteiger charge is -2.32. The monoisotopic (exact) mass is 270 g/mol. The number of β-amino-alcohol motifs (C(OH)–C–C–N with tert-alkyl or cyclic N) is 1. The molecule has 1 aromatic carbocycles. The van der Waals surface area contributed by atoms with E-state index in [0.29, 0.717) is 16.7 Å². The number of aliphatic hydroxyl groups is 1. The number of hydrogen-bond acceptors (Lipinski definition) is 2. The molecule has 1 heterocycles. The zero-order valence-corrected chi connectivity index (χ0v) is 11.0. The van der Waals surface area contributed by atoms with E-state index in [9.17, 15) is 5.11 Å². The molecular formula is C12H15ClN2OS. The molecule has 0 bridgehead atoms. The quantitative estimate of drug-likeness (QED) is 0.769. The van der Waals surface area contributed by atoms with Crippen molar-refractivity contribution in [3.8, 4) is 0 Å². The molecule has 2 rings (SSSR count). The van der Waals surface area contributed by atoms with Crippen LogP contribution >= 0.6 is 23.8 Å². The number of hydrogen-bond donors (Lipinski definition) is 2. The van der Waals surface area contributed by atoms with Crippen LogP contribution in [0.3, 0.4) is 0 Å². The number of halogens is 1. The Bertz CT molecular complexity index is 396. The third kappa shape index (κ3) is 3.56. The first-order valence-corrected chi connectivity index (χ1v) is 6.43. The normalized spacial score (nSPS) is 20.1. The van der Waals surface area contributed by atoms with E-state index in [1.807, 2.05) is 29.2 Å². The number of nitrogens with zero attached hydrogens (tertiary/aromatic N) is 1. The Labute approximate surface area is 111 Å². The Morgan fingerprint density at radius 2 is 2.12 bits per heavy atom. The first-order valence-electron chi connectivity index (χ1n) is 5.65. The fraction of sp³-hybridized carbons (Fsp3) is 0.417. The van der Waals surface area contributed by atoms with Crippen LogP contribution in [0.2, 0.25) is 5.02 Å². The second kappa shape index (κ2) is 5.67. The highest BCUT2D eigenvalue weighted by Gasteiger charge is 2.19. The van der Waals surface area contributed by atoms with Gasteiger partial charge < -0.3 is 15.3 Å². The highest BCUT2D eigenvalue weighted by Crippen LogP contribution is 2.15. The number of anilines is 1. The molecule has 0 amide bonds. The van der Waals surface area contributed by atoms with E-state index >= 15 is 0 Å². The van der Waals surface area contributed by atoms with Crippen LogP contribution in [0.1, 0.15) is 12.8 Å². The minimum Gasteiger partial charge on any atom is -0.391 e.